The van der Waals surface area contributed by atoms with Crippen molar-refractivity contribution in [2.24, 2.45) is 5.92 Å². The van der Waals surface area contributed by atoms with Gasteiger partial charge in [-0.3, -0.25) is 4.79 Å². The lowest BCUT2D eigenvalue weighted by molar-refractivity contribution is 0.0925. The summed E-state index contributed by atoms with van der Waals surface area (Å²) < 4.78 is 28.2. The third-order valence-electron chi connectivity index (χ3n) is 3.97. The third-order valence-corrected chi connectivity index (χ3v) is 5.10. The van der Waals surface area contributed by atoms with Gasteiger partial charge in [-0.25, -0.2) is 8.42 Å². The Balaban J connectivity index is 2.19. The molecule has 0 saturated carbocycles. The Morgan fingerprint density at radius 1 is 1.00 bits per heavy atom. The van der Waals surface area contributed by atoms with Crippen molar-refractivity contribution in [1.82, 2.24) is 5.32 Å². The second kappa shape index (κ2) is 7.70. The molecule has 0 bridgehead atoms. The maximum absolute atomic E-state index is 12.5. The molecular formula is C19H23NO4S. The monoisotopic (exact) mass is 361 g/mol. The molecule has 0 radical (unpaired) electrons. The number of amides is 1. The molecule has 0 saturated heterocycles. The van der Waals surface area contributed by atoms with Crippen LogP contribution in [0.4, 0.5) is 0 Å². The molecule has 2 aromatic carbocycles. The molecule has 1 amide bonds. The summed E-state index contributed by atoms with van der Waals surface area (Å²) in [5.74, 6) is 0.705. The number of carbonyl (C=O) groups is 1. The minimum absolute atomic E-state index is 0.159. The van der Waals surface area contributed by atoms with Crippen LogP contribution in [0.5, 0.6) is 5.75 Å². The molecule has 0 fully saturated rings. The molecule has 5 nitrogen and oxygen atoms in total. The molecule has 0 aliphatic carbocycles. The largest absolute Gasteiger partial charge is 0.497 e. The number of hydrogen-bond donors (Lipinski definition) is 1. The van der Waals surface area contributed by atoms with Crippen LogP contribution in [-0.2, 0) is 9.84 Å². The lowest BCUT2D eigenvalue weighted by Crippen LogP contribution is -2.31. The number of carbonyl (C=O) groups excluding carboxylic acids is 1. The minimum atomic E-state index is -3.27. The zero-order valence-electron chi connectivity index (χ0n) is 14.8. The van der Waals surface area contributed by atoms with E-state index in [9.17, 15) is 13.2 Å². The van der Waals surface area contributed by atoms with E-state index in [1.807, 2.05) is 38.1 Å². The Morgan fingerprint density at radius 3 is 2.00 bits per heavy atom. The van der Waals surface area contributed by atoms with Gasteiger partial charge in [0.25, 0.3) is 5.91 Å². The number of methoxy groups -OCH3 is 1. The van der Waals surface area contributed by atoms with Crippen molar-refractivity contribution in [2.45, 2.75) is 24.8 Å². The molecule has 0 aliphatic heterocycles. The van der Waals surface area contributed by atoms with Gasteiger partial charge >= 0.3 is 0 Å². The fourth-order valence-corrected chi connectivity index (χ4v) is 3.15. The van der Waals surface area contributed by atoms with E-state index in [0.717, 1.165) is 17.6 Å². The van der Waals surface area contributed by atoms with Gasteiger partial charge in [0.1, 0.15) is 5.75 Å². The van der Waals surface area contributed by atoms with E-state index in [1.54, 1.807) is 7.11 Å². The zero-order chi connectivity index (χ0) is 18.6. The molecule has 0 aromatic heterocycles. The average Bonchev–Trinajstić information content (AvgIpc) is 2.58. The molecule has 1 atom stereocenters. The lowest BCUT2D eigenvalue weighted by Gasteiger charge is -2.23. The maximum atomic E-state index is 12.5. The second-order valence-corrected chi connectivity index (χ2v) is 8.28. The van der Waals surface area contributed by atoms with E-state index in [2.05, 4.69) is 5.32 Å². The molecule has 0 heterocycles. The number of benzene rings is 2. The number of sulfone groups is 1. The SMILES string of the molecule is COc1ccc([C@@H](NC(=O)c2ccc(S(C)(=O)=O)cc2)C(C)C)cc1. The molecule has 25 heavy (non-hydrogen) atoms. The van der Waals surface area contributed by atoms with Crippen LogP contribution in [0.1, 0.15) is 35.8 Å². The van der Waals surface area contributed by atoms with E-state index < -0.39 is 9.84 Å². The first-order valence-electron chi connectivity index (χ1n) is 7.97. The highest BCUT2D eigenvalue weighted by molar-refractivity contribution is 7.90. The number of ether oxygens (including phenoxy) is 1. The van der Waals surface area contributed by atoms with Crippen molar-refractivity contribution in [3.63, 3.8) is 0 Å². The lowest BCUT2D eigenvalue weighted by atomic mass is 9.95. The van der Waals surface area contributed by atoms with Crippen molar-refractivity contribution in [2.75, 3.05) is 13.4 Å². The summed E-state index contributed by atoms with van der Waals surface area (Å²) in [5.41, 5.74) is 1.41. The molecule has 1 N–H and O–H groups in total. The van der Waals surface area contributed by atoms with Crippen molar-refractivity contribution < 1.29 is 17.9 Å². The van der Waals surface area contributed by atoms with Crippen LogP contribution >= 0.6 is 0 Å². The Bertz CT molecular complexity index is 825. The average molecular weight is 361 g/mol. The van der Waals surface area contributed by atoms with Crippen LogP contribution in [0.25, 0.3) is 0 Å². The van der Waals surface area contributed by atoms with E-state index in [0.29, 0.717) is 5.56 Å². The van der Waals surface area contributed by atoms with Crippen LogP contribution in [-0.4, -0.2) is 27.7 Å². The van der Waals surface area contributed by atoms with Crippen LogP contribution in [0.2, 0.25) is 0 Å². The summed E-state index contributed by atoms with van der Waals surface area (Å²) in [6, 6.07) is 13.4. The van der Waals surface area contributed by atoms with Crippen LogP contribution in [0.15, 0.2) is 53.4 Å². The maximum Gasteiger partial charge on any atom is 0.251 e. The van der Waals surface area contributed by atoms with Crippen LogP contribution in [0.3, 0.4) is 0 Å². The molecule has 2 rings (SSSR count). The molecule has 0 aliphatic rings. The summed E-state index contributed by atoms with van der Waals surface area (Å²) in [4.78, 5) is 12.7. The summed E-state index contributed by atoms with van der Waals surface area (Å²) >= 11 is 0. The smallest absolute Gasteiger partial charge is 0.251 e. The quantitative estimate of drug-likeness (QED) is 0.857. The van der Waals surface area contributed by atoms with E-state index >= 15 is 0 Å². The molecule has 2 aromatic rings. The normalized spacial score (nSPS) is 12.7. The van der Waals surface area contributed by atoms with Crippen molar-refractivity contribution in [3.8, 4) is 5.75 Å². The minimum Gasteiger partial charge on any atom is -0.497 e. The number of hydrogen-bond acceptors (Lipinski definition) is 4. The van der Waals surface area contributed by atoms with E-state index in [4.69, 9.17) is 4.74 Å². The van der Waals surface area contributed by atoms with Gasteiger partial charge in [-0.15, -0.1) is 0 Å². The molecular weight excluding hydrogens is 338 g/mol. The van der Waals surface area contributed by atoms with Gasteiger partial charge in [-0.2, -0.15) is 0 Å². The highest BCUT2D eigenvalue weighted by Crippen LogP contribution is 2.24. The predicted octanol–water partition coefficient (Wildman–Crippen LogP) is 3.23. The highest BCUT2D eigenvalue weighted by atomic mass is 32.2. The molecule has 0 spiro atoms. The first kappa shape index (κ1) is 19.0. The molecule has 6 heteroatoms. The number of rotatable bonds is 6. The van der Waals surface area contributed by atoms with Crippen molar-refractivity contribution in [3.05, 3.63) is 59.7 Å². The van der Waals surface area contributed by atoms with E-state index in [1.165, 1.54) is 24.3 Å². The predicted molar refractivity (Wildman–Crippen MR) is 97.6 cm³/mol. The van der Waals surface area contributed by atoms with Crippen molar-refractivity contribution in [1.29, 1.82) is 0 Å². The number of nitrogens with one attached hydrogen (secondary N) is 1. The summed E-state index contributed by atoms with van der Waals surface area (Å²) in [6.45, 7) is 4.06. The first-order valence-corrected chi connectivity index (χ1v) is 9.86. The fourth-order valence-electron chi connectivity index (χ4n) is 2.52. The van der Waals surface area contributed by atoms with Gasteiger partial charge in [-0.1, -0.05) is 26.0 Å². The summed E-state index contributed by atoms with van der Waals surface area (Å²) in [6.07, 6.45) is 1.14. The van der Waals surface area contributed by atoms with Gasteiger partial charge in [0.05, 0.1) is 18.0 Å². The Hall–Kier alpha value is -2.34. The van der Waals surface area contributed by atoms with Gasteiger partial charge in [0.2, 0.25) is 0 Å². The summed E-state index contributed by atoms with van der Waals surface area (Å²) in [7, 11) is -1.67. The van der Waals surface area contributed by atoms with Gasteiger partial charge in [0, 0.05) is 11.8 Å². The molecule has 0 unspecified atom stereocenters. The molecule has 134 valence electrons. The first-order chi connectivity index (χ1) is 11.7. The Morgan fingerprint density at radius 2 is 1.56 bits per heavy atom. The highest BCUT2D eigenvalue weighted by Gasteiger charge is 2.19. The topological polar surface area (TPSA) is 72.5 Å². The third kappa shape index (κ3) is 4.82. The zero-order valence-corrected chi connectivity index (χ0v) is 15.6. The van der Waals surface area contributed by atoms with E-state index in [-0.39, 0.29) is 22.8 Å². The van der Waals surface area contributed by atoms with Gasteiger partial charge in [-0.05, 0) is 47.9 Å². The van der Waals surface area contributed by atoms with Crippen LogP contribution < -0.4 is 10.1 Å². The van der Waals surface area contributed by atoms with Gasteiger partial charge < -0.3 is 10.1 Å². The standard InChI is InChI=1S/C19H23NO4S/c1-13(2)18(14-5-9-16(24-3)10-6-14)20-19(21)15-7-11-17(12-8-15)25(4,22)23/h5-13,18H,1-4H3,(H,20,21)/t18-/m0/s1. The van der Waals surface area contributed by atoms with Crippen molar-refractivity contribution >= 4 is 15.7 Å². The second-order valence-electron chi connectivity index (χ2n) is 6.26. The Labute approximate surface area is 148 Å². The van der Waals surface area contributed by atoms with Crippen LogP contribution in [0, 0.1) is 5.92 Å². The fraction of sp³-hybridized carbons (Fsp3) is 0.316. The Kier molecular flexibility index (Phi) is 5.85. The van der Waals surface area contributed by atoms with Gasteiger partial charge in [0.15, 0.2) is 9.84 Å². The summed E-state index contributed by atoms with van der Waals surface area (Å²) in [5, 5.41) is 3.02.